The van der Waals surface area contributed by atoms with Crippen LogP contribution in [0.5, 0.6) is 5.75 Å². The highest BCUT2D eigenvalue weighted by Gasteiger charge is 2.08. The van der Waals surface area contributed by atoms with E-state index >= 15 is 0 Å². The van der Waals surface area contributed by atoms with Crippen LogP contribution < -0.4 is 4.74 Å². The Morgan fingerprint density at radius 1 is 0.793 bits per heavy atom. The third-order valence-electron chi connectivity index (χ3n) is 4.90. The fraction of sp³-hybridized carbons (Fsp3) is 0.500. The second kappa shape index (κ2) is 13.3. The van der Waals surface area contributed by atoms with Crippen LogP contribution in [0.1, 0.15) is 82.5 Å². The first-order chi connectivity index (χ1) is 14.3. The smallest absolute Gasteiger partial charge is 0.177 e. The molecule has 0 saturated heterocycles. The van der Waals surface area contributed by atoms with Crippen molar-refractivity contribution >= 4 is 0 Å². The Balaban J connectivity index is 1.66. The lowest BCUT2D eigenvalue weighted by Gasteiger charge is -2.07. The lowest BCUT2D eigenvalue weighted by Crippen LogP contribution is -1.98. The van der Waals surface area contributed by atoms with Gasteiger partial charge in [-0.3, -0.25) is 0 Å². The van der Waals surface area contributed by atoms with Gasteiger partial charge in [-0.05, 0) is 30.7 Å². The summed E-state index contributed by atoms with van der Waals surface area (Å²) in [5, 5.41) is 18.0. The van der Waals surface area contributed by atoms with Gasteiger partial charge in [-0.25, -0.2) is 9.97 Å². The highest BCUT2D eigenvalue weighted by Crippen LogP contribution is 2.21. The van der Waals surface area contributed by atoms with Crippen molar-refractivity contribution in [3.63, 3.8) is 0 Å². The van der Waals surface area contributed by atoms with E-state index in [1.807, 2.05) is 36.4 Å². The molecular formula is C24H30N4O. The molecule has 0 saturated carbocycles. The Kier molecular flexibility index (Phi) is 10.3. The summed E-state index contributed by atoms with van der Waals surface area (Å²) in [4.78, 5) is 8.21. The Bertz CT molecular complexity index is 818. The number of hydrogen-bond donors (Lipinski definition) is 0. The minimum Gasteiger partial charge on any atom is -0.494 e. The SMILES string of the molecule is CCCCCCCCCCCCOc1ccc(-c2cnc(C#N)c(C#N)n2)cc1. The number of hydrogen-bond acceptors (Lipinski definition) is 5. The highest BCUT2D eigenvalue weighted by atomic mass is 16.5. The molecule has 0 fully saturated rings. The van der Waals surface area contributed by atoms with Crippen molar-refractivity contribution in [1.82, 2.24) is 9.97 Å². The van der Waals surface area contributed by atoms with Crippen LogP contribution in [0.15, 0.2) is 30.5 Å². The van der Waals surface area contributed by atoms with Gasteiger partial charge < -0.3 is 4.74 Å². The molecule has 0 aliphatic rings. The molecule has 2 rings (SSSR count). The van der Waals surface area contributed by atoms with Crippen LogP contribution in [0, 0.1) is 22.7 Å². The zero-order valence-corrected chi connectivity index (χ0v) is 17.4. The second-order valence-electron chi connectivity index (χ2n) is 7.23. The second-order valence-corrected chi connectivity index (χ2v) is 7.23. The van der Waals surface area contributed by atoms with E-state index in [0.717, 1.165) is 24.3 Å². The maximum Gasteiger partial charge on any atom is 0.177 e. The monoisotopic (exact) mass is 390 g/mol. The normalized spacial score (nSPS) is 10.3. The summed E-state index contributed by atoms with van der Waals surface area (Å²) in [6.07, 6.45) is 14.6. The zero-order valence-electron chi connectivity index (χ0n) is 17.4. The van der Waals surface area contributed by atoms with Gasteiger partial charge in [0.15, 0.2) is 11.4 Å². The number of aromatic nitrogens is 2. The van der Waals surface area contributed by atoms with Crippen molar-refractivity contribution in [2.75, 3.05) is 6.61 Å². The summed E-state index contributed by atoms with van der Waals surface area (Å²) in [5.41, 5.74) is 1.51. The van der Waals surface area contributed by atoms with E-state index in [9.17, 15) is 0 Å². The first-order valence-electron chi connectivity index (χ1n) is 10.7. The molecule has 0 radical (unpaired) electrons. The number of rotatable bonds is 13. The van der Waals surface area contributed by atoms with Crippen LogP contribution in [0.2, 0.25) is 0 Å². The van der Waals surface area contributed by atoms with Gasteiger partial charge in [0.2, 0.25) is 0 Å². The lowest BCUT2D eigenvalue weighted by atomic mass is 10.1. The maximum atomic E-state index is 9.07. The van der Waals surface area contributed by atoms with Gasteiger partial charge in [-0.2, -0.15) is 10.5 Å². The number of ether oxygens (including phenoxy) is 1. The van der Waals surface area contributed by atoms with Gasteiger partial charge >= 0.3 is 0 Å². The molecule has 1 aromatic carbocycles. The van der Waals surface area contributed by atoms with Crippen LogP contribution in [0.4, 0.5) is 0 Å². The molecule has 0 unspecified atom stereocenters. The third kappa shape index (κ3) is 7.92. The summed E-state index contributed by atoms with van der Waals surface area (Å²) in [7, 11) is 0. The Hall–Kier alpha value is -2.92. The van der Waals surface area contributed by atoms with Gasteiger partial charge in [-0.15, -0.1) is 0 Å². The van der Waals surface area contributed by atoms with E-state index in [1.54, 1.807) is 0 Å². The summed E-state index contributed by atoms with van der Waals surface area (Å²) in [6, 6.07) is 11.4. The van der Waals surface area contributed by atoms with Crippen molar-refractivity contribution in [3.05, 3.63) is 41.9 Å². The highest BCUT2D eigenvalue weighted by molar-refractivity contribution is 5.60. The first-order valence-corrected chi connectivity index (χ1v) is 10.7. The third-order valence-corrected chi connectivity index (χ3v) is 4.90. The topological polar surface area (TPSA) is 82.6 Å². The zero-order chi connectivity index (χ0) is 20.7. The molecule has 5 heteroatoms. The predicted octanol–water partition coefficient (Wildman–Crippen LogP) is 6.19. The maximum absolute atomic E-state index is 9.07. The largest absolute Gasteiger partial charge is 0.494 e. The Morgan fingerprint density at radius 3 is 1.97 bits per heavy atom. The van der Waals surface area contributed by atoms with Crippen LogP contribution in [0.3, 0.4) is 0 Å². The molecule has 1 aromatic heterocycles. The quantitative estimate of drug-likeness (QED) is 0.381. The van der Waals surface area contributed by atoms with E-state index < -0.39 is 0 Å². The van der Waals surface area contributed by atoms with Gasteiger partial charge in [0.05, 0.1) is 18.5 Å². The molecule has 2 aromatic rings. The molecule has 152 valence electrons. The number of benzene rings is 1. The summed E-state index contributed by atoms with van der Waals surface area (Å²) in [5.74, 6) is 0.826. The number of nitrogens with zero attached hydrogens (tertiary/aromatic N) is 4. The molecular weight excluding hydrogens is 360 g/mol. The molecule has 1 heterocycles. The number of unbranched alkanes of at least 4 members (excludes halogenated alkanes) is 9. The molecule has 29 heavy (non-hydrogen) atoms. The number of nitriles is 2. The molecule has 0 amide bonds. The summed E-state index contributed by atoms with van der Waals surface area (Å²) < 4.78 is 5.82. The van der Waals surface area contributed by atoms with Crippen molar-refractivity contribution in [1.29, 1.82) is 10.5 Å². The summed E-state index contributed by atoms with van der Waals surface area (Å²) >= 11 is 0. The van der Waals surface area contributed by atoms with E-state index in [0.29, 0.717) is 5.69 Å². The van der Waals surface area contributed by atoms with Crippen molar-refractivity contribution < 1.29 is 4.74 Å². The van der Waals surface area contributed by atoms with E-state index in [4.69, 9.17) is 15.3 Å². The average molecular weight is 391 g/mol. The first kappa shape index (κ1) is 22.4. The average Bonchev–Trinajstić information content (AvgIpc) is 2.77. The predicted molar refractivity (Wildman–Crippen MR) is 114 cm³/mol. The van der Waals surface area contributed by atoms with E-state index in [2.05, 4.69) is 16.9 Å². The fourth-order valence-electron chi connectivity index (χ4n) is 3.19. The van der Waals surface area contributed by atoms with E-state index in [1.165, 1.54) is 64.0 Å². The van der Waals surface area contributed by atoms with E-state index in [-0.39, 0.29) is 11.4 Å². The molecule has 0 atom stereocenters. The molecule has 0 aliphatic heterocycles. The van der Waals surface area contributed by atoms with Crippen molar-refractivity contribution in [3.8, 4) is 29.1 Å². The molecule has 0 spiro atoms. The van der Waals surface area contributed by atoms with Gasteiger partial charge in [0.1, 0.15) is 17.9 Å². The standard InChI is InChI=1S/C24H30N4O/c1-2-3-4-5-6-7-8-9-10-11-16-29-21-14-12-20(13-15-21)24-19-27-22(17-25)23(18-26)28-24/h12-15,19H,2-11,16H2,1H3. The van der Waals surface area contributed by atoms with Crippen LogP contribution in [-0.2, 0) is 0 Å². The van der Waals surface area contributed by atoms with Crippen molar-refractivity contribution in [2.45, 2.75) is 71.1 Å². The minimum atomic E-state index is 0.0475. The van der Waals surface area contributed by atoms with Crippen LogP contribution in [-0.4, -0.2) is 16.6 Å². The molecule has 0 bridgehead atoms. The van der Waals surface area contributed by atoms with Gasteiger partial charge in [0.25, 0.3) is 0 Å². The Labute approximate surface area is 174 Å². The molecule has 0 aliphatic carbocycles. The fourth-order valence-corrected chi connectivity index (χ4v) is 3.19. The molecule has 5 nitrogen and oxygen atoms in total. The van der Waals surface area contributed by atoms with Crippen LogP contribution >= 0.6 is 0 Å². The molecule has 0 N–H and O–H groups in total. The van der Waals surface area contributed by atoms with Gasteiger partial charge in [0, 0.05) is 5.56 Å². The van der Waals surface area contributed by atoms with Crippen molar-refractivity contribution in [2.24, 2.45) is 0 Å². The van der Waals surface area contributed by atoms with Crippen LogP contribution in [0.25, 0.3) is 11.3 Å². The van der Waals surface area contributed by atoms with Gasteiger partial charge in [-0.1, -0.05) is 64.7 Å². The Morgan fingerprint density at radius 2 is 1.38 bits per heavy atom. The summed E-state index contributed by atoms with van der Waals surface area (Å²) in [6.45, 7) is 2.98. The minimum absolute atomic E-state index is 0.0475. The lowest BCUT2D eigenvalue weighted by molar-refractivity contribution is 0.304.